The van der Waals surface area contributed by atoms with Crippen LogP contribution in [0, 0.1) is 5.92 Å². The molecular weight excluding hydrogens is 202 g/mol. The van der Waals surface area contributed by atoms with Crippen LogP contribution >= 0.6 is 11.6 Å². The maximum atomic E-state index is 11.1. The molecule has 0 fully saturated rings. The third kappa shape index (κ3) is 3.03. The summed E-state index contributed by atoms with van der Waals surface area (Å²) in [6, 6.07) is 0. The zero-order chi connectivity index (χ0) is 10.6. The minimum absolute atomic E-state index is 0.122. The maximum Gasteiger partial charge on any atom is 0.271 e. The maximum absolute atomic E-state index is 11.1. The van der Waals surface area contributed by atoms with Gasteiger partial charge in [-0.05, 0) is 12.3 Å². The average molecular weight is 216 g/mol. The third-order valence-electron chi connectivity index (χ3n) is 1.81. The van der Waals surface area contributed by atoms with Crippen molar-refractivity contribution >= 4 is 17.4 Å². The van der Waals surface area contributed by atoms with Crippen LogP contribution in [0.15, 0.2) is 11.1 Å². The van der Waals surface area contributed by atoms with E-state index in [4.69, 9.17) is 11.6 Å². The summed E-state index contributed by atoms with van der Waals surface area (Å²) >= 11 is 5.74. The largest absolute Gasteiger partial charge is 0.369 e. The molecule has 1 aromatic rings. The fourth-order valence-electron chi connectivity index (χ4n) is 0.986. The van der Waals surface area contributed by atoms with Crippen molar-refractivity contribution in [2.24, 2.45) is 5.92 Å². The van der Waals surface area contributed by atoms with E-state index in [-0.39, 0.29) is 10.6 Å². The summed E-state index contributed by atoms with van der Waals surface area (Å²) in [5.41, 5.74) is -0.311. The van der Waals surface area contributed by atoms with Gasteiger partial charge in [-0.1, -0.05) is 25.4 Å². The molecule has 0 aliphatic heterocycles. The number of nitrogens with zero attached hydrogens (tertiary/aromatic N) is 1. The van der Waals surface area contributed by atoms with Crippen molar-refractivity contribution in [3.05, 3.63) is 21.7 Å². The molecule has 0 spiro atoms. The Morgan fingerprint density at radius 3 is 3.00 bits per heavy atom. The summed E-state index contributed by atoms with van der Waals surface area (Å²) in [7, 11) is 0. The molecule has 0 aliphatic rings. The average Bonchev–Trinajstić information content (AvgIpc) is 2.12. The summed E-state index contributed by atoms with van der Waals surface area (Å²) in [5.74, 6) is 1.07. The van der Waals surface area contributed by atoms with E-state index < -0.39 is 0 Å². The molecule has 0 atom stereocenters. The fraction of sp³-hybridized carbons (Fsp3) is 0.556. The number of hydrogen-bond donors (Lipinski definition) is 2. The summed E-state index contributed by atoms with van der Waals surface area (Å²) in [6.07, 6.45) is 2.36. The van der Waals surface area contributed by atoms with Crippen LogP contribution in [0.2, 0.25) is 5.02 Å². The van der Waals surface area contributed by atoms with Crippen LogP contribution in [0.5, 0.6) is 0 Å². The Morgan fingerprint density at radius 1 is 1.64 bits per heavy atom. The molecule has 1 heterocycles. The zero-order valence-corrected chi connectivity index (χ0v) is 9.06. The van der Waals surface area contributed by atoms with E-state index >= 15 is 0 Å². The van der Waals surface area contributed by atoms with Crippen molar-refractivity contribution < 1.29 is 0 Å². The number of anilines is 1. The van der Waals surface area contributed by atoms with Crippen LogP contribution in [0.3, 0.4) is 0 Å². The number of H-pyrrole nitrogens is 1. The molecule has 4 nitrogen and oxygen atoms in total. The molecule has 0 unspecified atom stereocenters. The second-order valence-corrected chi connectivity index (χ2v) is 3.88. The Hall–Kier alpha value is -1.03. The second-order valence-electron chi connectivity index (χ2n) is 3.50. The topological polar surface area (TPSA) is 57.8 Å². The number of rotatable bonds is 4. The van der Waals surface area contributed by atoms with Gasteiger partial charge < -0.3 is 10.3 Å². The first-order chi connectivity index (χ1) is 6.61. The van der Waals surface area contributed by atoms with Crippen molar-refractivity contribution in [2.45, 2.75) is 20.3 Å². The van der Waals surface area contributed by atoms with Crippen molar-refractivity contribution in [1.82, 2.24) is 9.97 Å². The van der Waals surface area contributed by atoms with Gasteiger partial charge in [-0.25, -0.2) is 4.98 Å². The predicted molar refractivity (Wildman–Crippen MR) is 57.8 cm³/mol. The lowest BCUT2D eigenvalue weighted by Crippen LogP contribution is -2.13. The first kappa shape index (κ1) is 11.0. The zero-order valence-electron chi connectivity index (χ0n) is 8.30. The SMILES string of the molecule is CC(C)CCNc1nc[nH]c(=O)c1Cl. The first-order valence-electron chi connectivity index (χ1n) is 4.58. The van der Waals surface area contributed by atoms with Crippen LogP contribution in [0.4, 0.5) is 5.82 Å². The van der Waals surface area contributed by atoms with Crippen molar-refractivity contribution in [3.8, 4) is 0 Å². The number of nitrogens with one attached hydrogen (secondary N) is 2. The van der Waals surface area contributed by atoms with Gasteiger partial charge in [-0.2, -0.15) is 0 Å². The van der Waals surface area contributed by atoms with Gasteiger partial charge in [0.25, 0.3) is 5.56 Å². The molecule has 0 amide bonds. The van der Waals surface area contributed by atoms with Gasteiger partial charge in [0.1, 0.15) is 5.02 Å². The molecule has 78 valence electrons. The first-order valence-corrected chi connectivity index (χ1v) is 4.96. The monoisotopic (exact) mass is 215 g/mol. The Balaban J connectivity index is 2.59. The summed E-state index contributed by atoms with van der Waals surface area (Å²) in [4.78, 5) is 17.4. The highest BCUT2D eigenvalue weighted by Gasteiger charge is 2.04. The van der Waals surface area contributed by atoms with E-state index in [1.807, 2.05) is 0 Å². The summed E-state index contributed by atoms with van der Waals surface area (Å²) < 4.78 is 0. The van der Waals surface area contributed by atoms with Crippen molar-refractivity contribution in [2.75, 3.05) is 11.9 Å². The van der Waals surface area contributed by atoms with Gasteiger partial charge in [-0.3, -0.25) is 4.79 Å². The van der Waals surface area contributed by atoms with Crippen molar-refractivity contribution in [3.63, 3.8) is 0 Å². The highest BCUT2D eigenvalue weighted by atomic mass is 35.5. The lowest BCUT2D eigenvalue weighted by atomic mass is 10.1. The fourth-order valence-corrected chi connectivity index (χ4v) is 1.16. The molecule has 0 saturated heterocycles. The van der Waals surface area contributed by atoms with Gasteiger partial charge in [0.15, 0.2) is 5.82 Å². The predicted octanol–water partition coefficient (Wildman–Crippen LogP) is 1.88. The smallest absolute Gasteiger partial charge is 0.271 e. The molecule has 14 heavy (non-hydrogen) atoms. The summed E-state index contributed by atoms with van der Waals surface area (Å²) in [6.45, 7) is 5.04. The molecule has 0 aromatic carbocycles. The van der Waals surface area contributed by atoms with E-state index in [0.717, 1.165) is 13.0 Å². The van der Waals surface area contributed by atoms with Gasteiger partial charge >= 0.3 is 0 Å². The van der Waals surface area contributed by atoms with E-state index in [0.29, 0.717) is 11.7 Å². The Kier molecular flexibility index (Phi) is 3.95. The second kappa shape index (κ2) is 5.00. The van der Waals surface area contributed by atoms with E-state index in [1.165, 1.54) is 6.33 Å². The summed E-state index contributed by atoms with van der Waals surface area (Å²) in [5, 5.41) is 3.14. The Morgan fingerprint density at radius 2 is 2.36 bits per heavy atom. The molecular formula is C9H14ClN3O. The molecule has 0 saturated carbocycles. The number of halogens is 1. The van der Waals surface area contributed by atoms with Gasteiger partial charge in [0.05, 0.1) is 6.33 Å². The Labute approximate surface area is 87.7 Å². The van der Waals surface area contributed by atoms with Gasteiger partial charge in [0, 0.05) is 6.54 Å². The molecule has 5 heteroatoms. The number of hydrogen-bond acceptors (Lipinski definition) is 3. The normalized spacial score (nSPS) is 10.6. The molecule has 1 aromatic heterocycles. The van der Waals surface area contributed by atoms with Crippen molar-refractivity contribution in [1.29, 1.82) is 0 Å². The van der Waals surface area contributed by atoms with Crippen LogP contribution in [0.1, 0.15) is 20.3 Å². The molecule has 2 N–H and O–H groups in total. The van der Waals surface area contributed by atoms with Crippen LogP contribution in [-0.4, -0.2) is 16.5 Å². The number of aromatic nitrogens is 2. The number of aromatic amines is 1. The third-order valence-corrected chi connectivity index (χ3v) is 2.16. The minimum Gasteiger partial charge on any atom is -0.369 e. The van der Waals surface area contributed by atoms with Crippen LogP contribution < -0.4 is 10.9 Å². The van der Waals surface area contributed by atoms with Crippen LogP contribution in [0.25, 0.3) is 0 Å². The molecule has 1 rings (SSSR count). The highest BCUT2D eigenvalue weighted by molar-refractivity contribution is 6.32. The standard InChI is InChI=1S/C9H14ClN3O/c1-6(2)3-4-11-8-7(10)9(14)13-5-12-8/h5-6H,3-4H2,1-2H3,(H2,11,12,13,14). The quantitative estimate of drug-likeness (QED) is 0.807. The van der Waals surface area contributed by atoms with Gasteiger partial charge in [-0.15, -0.1) is 0 Å². The molecule has 0 aliphatic carbocycles. The lowest BCUT2D eigenvalue weighted by molar-refractivity contribution is 0.606. The molecule has 0 radical (unpaired) electrons. The molecule has 0 bridgehead atoms. The van der Waals surface area contributed by atoms with E-state index in [2.05, 4.69) is 29.1 Å². The highest BCUT2D eigenvalue weighted by Crippen LogP contribution is 2.12. The van der Waals surface area contributed by atoms with Crippen LogP contribution in [-0.2, 0) is 0 Å². The minimum atomic E-state index is -0.311. The van der Waals surface area contributed by atoms with E-state index in [9.17, 15) is 4.79 Å². The lowest BCUT2D eigenvalue weighted by Gasteiger charge is -2.07. The van der Waals surface area contributed by atoms with E-state index in [1.54, 1.807) is 0 Å². The van der Waals surface area contributed by atoms with Gasteiger partial charge in [0.2, 0.25) is 0 Å². The Bertz CT molecular complexity index is 348.